The van der Waals surface area contributed by atoms with Gasteiger partial charge in [-0.05, 0) is 104 Å². The molecule has 7 saturated carbocycles. The Balaban J connectivity index is 1.31. The van der Waals surface area contributed by atoms with Crippen LogP contribution in [0.2, 0.25) is 0 Å². The second kappa shape index (κ2) is 5.62. The molecular formula is C28H42O3. The zero-order valence-electron chi connectivity index (χ0n) is 20.0. The first kappa shape index (κ1) is 20.0. The standard InChI is InChI=1S/C28H42O3/c1-23-15-18-6-9-27(13-12-26(17-27)11-10-25(16-26)7-4-5-8-25)24(23,2)21(18)22-19(29)14-20(31-3)28(22,23)30/h18,20-22,30H,4-17H2,1-3H3/t18-,20-,21-,22+,23-,24-,26+,27-,28+/m0/s1. The van der Waals surface area contributed by atoms with Crippen molar-refractivity contribution in [1.82, 2.24) is 0 Å². The summed E-state index contributed by atoms with van der Waals surface area (Å²) in [7, 11) is 1.71. The van der Waals surface area contributed by atoms with Crippen LogP contribution in [0.4, 0.5) is 0 Å². The minimum Gasteiger partial charge on any atom is -0.386 e. The summed E-state index contributed by atoms with van der Waals surface area (Å²) in [6, 6.07) is 0. The number of methoxy groups -OCH3 is 1. The highest BCUT2D eigenvalue weighted by molar-refractivity contribution is 5.88. The summed E-state index contributed by atoms with van der Waals surface area (Å²) >= 11 is 0. The van der Waals surface area contributed by atoms with Crippen LogP contribution in [0.1, 0.15) is 104 Å². The van der Waals surface area contributed by atoms with Crippen molar-refractivity contribution in [3.63, 3.8) is 0 Å². The molecule has 0 aromatic heterocycles. The number of carbonyl (C=O) groups is 1. The van der Waals surface area contributed by atoms with Gasteiger partial charge in [0.1, 0.15) is 11.4 Å². The van der Waals surface area contributed by atoms with Crippen molar-refractivity contribution in [2.45, 2.75) is 115 Å². The Morgan fingerprint density at radius 1 is 0.935 bits per heavy atom. The van der Waals surface area contributed by atoms with Gasteiger partial charge in [0.15, 0.2) is 0 Å². The van der Waals surface area contributed by atoms with Gasteiger partial charge in [0.25, 0.3) is 0 Å². The van der Waals surface area contributed by atoms with Gasteiger partial charge in [-0.15, -0.1) is 0 Å². The van der Waals surface area contributed by atoms with Gasteiger partial charge < -0.3 is 9.84 Å². The molecule has 0 amide bonds. The number of aliphatic hydroxyl groups is 1. The van der Waals surface area contributed by atoms with E-state index in [-0.39, 0.29) is 22.9 Å². The second-order valence-corrected chi connectivity index (χ2v) is 14.1. The third kappa shape index (κ3) is 1.91. The van der Waals surface area contributed by atoms with E-state index in [1.807, 2.05) is 0 Å². The molecule has 3 spiro atoms. The molecule has 0 heterocycles. The van der Waals surface area contributed by atoms with Crippen LogP contribution >= 0.6 is 0 Å². The summed E-state index contributed by atoms with van der Waals surface area (Å²) < 4.78 is 5.85. The first-order valence-corrected chi connectivity index (χ1v) is 13.5. The molecule has 172 valence electrons. The van der Waals surface area contributed by atoms with Gasteiger partial charge in [0, 0.05) is 18.9 Å². The van der Waals surface area contributed by atoms with Crippen molar-refractivity contribution in [3.05, 3.63) is 0 Å². The number of ketones is 1. The van der Waals surface area contributed by atoms with Crippen LogP contribution in [0.25, 0.3) is 0 Å². The van der Waals surface area contributed by atoms with E-state index in [0.717, 1.165) is 6.42 Å². The van der Waals surface area contributed by atoms with Crippen LogP contribution in [0, 0.1) is 44.8 Å². The van der Waals surface area contributed by atoms with Gasteiger partial charge in [-0.2, -0.15) is 0 Å². The van der Waals surface area contributed by atoms with E-state index >= 15 is 0 Å². The maximum Gasteiger partial charge on any atom is 0.141 e. The number of Topliss-reactive ketones (excluding diaryl/α,β-unsaturated/α-hetero) is 1. The topological polar surface area (TPSA) is 46.5 Å². The normalized spacial score (nSPS) is 60.8. The lowest BCUT2D eigenvalue weighted by Crippen LogP contribution is -2.58. The molecule has 3 heteroatoms. The first-order chi connectivity index (χ1) is 14.7. The number of hydrogen-bond donors (Lipinski definition) is 1. The molecule has 7 aliphatic rings. The predicted molar refractivity (Wildman–Crippen MR) is 119 cm³/mol. The maximum atomic E-state index is 13.3. The summed E-state index contributed by atoms with van der Waals surface area (Å²) in [5.41, 5.74) is 0.476. The van der Waals surface area contributed by atoms with Crippen molar-refractivity contribution in [2.75, 3.05) is 7.11 Å². The zero-order chi connectivity index (χ0) is 21.5. The monoisotopic (exact) mass is 426 g/mol. The summed E-state index contributed by atoms with van der Waals surface area (Å²) in [5, 5.41) is 12.3. The third-order valence-corrected chi connectivity index (χ3v) is 13.8. The number of fused-ring (bicyclic) bond motifs is 2. The Morgan fingerprint density at radius 2 is 1.65 bits per heavy atom. The van der Waals surface area contributed by atoms with Gasteiger partial charge in [0.05, 0.1) is 12.0 Å². The van der Waals surface area contributed by atoms with Crippen molar-refractivity contribution in [3.8, 4) is 0 Å². The molecule has 4 bridgehead atoms. The van der Waals surface area contributed by atoms with Crippen LogP contribution in [0.15, 0.2) is 0 Å². The molecule has 0 unspecified atom stereocenters. The Kier molecular flexibility index (Phi) is 3.63. The minimum atomic E-state index is -0.954. The Hall–Kier alpha value is -0.410. The van der Waals surface area contributed by atoms with Crippen LogP contribution in [-0.4, -0.2) is 29.7 Å². The summed E-state index contributed by atoms with van der Waals surface area (Å²) in [6.07, 6.45) is 18.2. The highest BCUT2D eigenvalue weighted by Gasteiger charge is 2.87. The SMILES string of the molecule is CO[C@H]1CC(=O)[C@@H]2[C@@H]3[C@H]4CC[C@@]5(CC[C@@]6(CCC7(CCCC7)C6)C5)[C@]3(C)[C@](C)(C4)[C@@]12O. The molecule has 3 nitrogen and oxygen atoms in total. The van der Waals surface area contributed by atoms with Gasteiger partial charge in [-0.25, -0.2) is 0 Å². The molecule has 0 aromatic rings. The van der Waals surface area contributed by atoms with Gasteiger partial charge >= 0.3 is 0 Å². The van der Waals surface area contributed by atoms with Crippen LogP contribution in [-0.2, 0) is 9.53 Å². The molecule has 0 aliphatic heterocycles. The van der Waals surface area contributed by atoms with Crippen molar-refractivity contribution >= 4 is 5.78 Å². The summed E-state index contributed by atoms with van der Waals surface area (Å²) in [6.45, 7) is 4.93. The summed E-state index contributed by atoms with van der Waals surface area (Å²) in [5.74, 6) is 1.13. The lowest BCUT2D eigenvalue weighted by Gasteiger charge is -2.57. The van der Waals surface area contributed by atoms with E-state index in [9.17, 15) is 9.90 Å². The molecule has 7 fully saturated rings. The van der Waals surface area contributed by atoms with Crippen LogP contribution in [0.3, 0.4) is 0 Å². The maximum absolute atomic E-state index is 13.3. The highest BCUT2D eigenvalue weighted by atomic mass is 16.5. The van der Waals surface area contributed by atoms with Gasteiger partial charge in [-0.3, -0.25) is 4.79 Å². The number of ether oxygens (including phenoxy) is 1. The van der Waals surface area contributed by atoms with Gasteiger partial charge in [0.2, 0.25) is 0 Å². The number of rotatable bonds is 1. The number of hydrogen-bond acceptors (Lipinski definition) is 3. The molecule has 0 aromatic carbocycles. The smallest absolute Gasteiger partial charge is 0.141 e. The molecule has 7 aliphatic carbocycles. The van der Waals surface area contributed by atoms with Crippen molar-refractivity contribution in [2.24, 2.45) is 44.8 Å². The third-order valence-electron chi connectivity index (χ3n) is 13.8. The van der Waals surface area contributed by atoms with Gasteiger partial charge in [-0.1, -0.05) is 26.7 Å². The number of carbonyl (C=O) groups excluding carboxylic acids is 1. The van der Waals surface area contributed by atoms with E-state index in [1.54, 1.807) is 7.11 Å². The van der Waals surface area contributed by atoms with Crippen LogP contribution < -0.4 is 0 Å². The Bertz CT molecular complexity index is 845. The Morgan fingerprint density at radius 3 is 2.39 bits per heavy atom. The fourth-order valence-electron chi connectivity index (χ4n) is 12.7. The Labute approximate surface area is 188 Å². The average molecular weight is 427 g/mol. The lowest BCUT2D eigenvalue weighted by molar-refractivity contribution is -0.186. The van der Waals surface area contributed by atoms with E-state index in [2.05, 4.69) is 13.8 Å². The molecule has 9 atom stereocenters. The van der Waals surface area contributed by atoms with Crippen molar-refractivity contribution < 1.29 is 14.6 Å². The first-order valence-electron chi connectivity index (χ1n) is 13.5. The predicted octanol–water partition coefficient (Wildman–Crippen LogP) is 5.68. The molecule has 31 heavy (non-hydrogen) atoms. The molecule has 7 rings (SSSR count). The lowest BCUT2D eigenvalue weighted by atomic mass is 9.47. The van der Waals surface area contributed by atoms with E-state index < -0.39 is 5.60 Å². The fourth-order valence-corrected chi connectivity index (χ4v) is 12.7. The second-order valence-electron chi connectivity index (χ2n) is 14.1. The van der Waals surface area contributed by atoms with E-state index in [1.165, 1.54) is 77.0 Å². The quantitative estimate of drug-likeness (QED) is 0.587. The van der Waals surface area contributed by atoms with E-state index in [4.69, 9.17) is 4.74 Å². The molecule has 0 radical (unpaired) electrons. The minimum absolute atomic E-state index is 0.0735. The molecule has 1 N–H and O–H groups in total. The fraction of sp³-hybridized carbons (Fsp3) is 0.964. The van der Waals surface area contributed by atoms with Crippen molar-refractivity contribution in [1.29, 1.82) is 0 Å². The highest BCUT2D eigenvalue weighted by Crippen LogP contribution is 2.87. The zero-order valence-corrected chi connectivity index (χ0v) is 20.0. The average Bonchev–Trinajstić information content (AvgIpc) is 3.53. The summed E-state index contributed by atoms with van der Waals surface area (Å²) in [4.78, 5) is 13.3. The largest absolute Gasteiger partial charge is 0.386 e. The van der Waals surface area contributed by atoms with E-state index in [0.29, 0.717) is 40.3 Å². The molecule has 0 saturated heterocycles. The van der Waals surface area contributed by atoms with Crippen LogP contribution in [0.5, 0.6) is 0 Å². The molecular weight excluding hydrogens is 384 g/mol.